The fraction of sp³-hybridized carbons (Fsp3) is 0.787. The van der Waals surface area contributed by atoms with Crippen molar-refractivity contribution in [1.29, 1.82) is 0 Å². The monoisotopic (exact) mass is 1950 g/mol. The highest BCUT2D eigenvalue weighted by Crippen LogP contribution is 2.42. The van der Waals surface area contributed by atoms with Gasteiger partial charge >= 0.3 is 7.47 Å². The second kappa shape index (κ2) is 91.7. The van der Waals surface area contributed by atoms with E-state index in [0.717, 1.165) is 88.2 Å². The van der Waals surface area contributed by atoms with Crippen molar-refractivity contribution >= 4 is 19.0 Å². The Bertz CT molecular complexity index is 3610. The number of halogens is 2. The Morgan fingerprint density at radius 3 is 0.607 bits per heavy atom. The highest BCUT2D eigenvalue weighted by Gasteiger charge is 2.27. The second-order valence-electron chi connectivity index (χ2n) is 42.3. The van der Waals surface area contributed by atoms with Gasteiger partial charge in [-0.25, -0.2) is 8.63 Å². The van der Waals surface area contributed by atoms with Gasteiger partial charge in [-0.1, -0.05) is 554 Å². The first-order chi connectivity index (χ1) is 68.9. The van der Waals surface area contributed by atoms with Crippen LogP contribution in [-0.4, -0.2) is 62.9 Å². The third-order valence-corrected chi connectivity index (χ3v) is 29.3. The topological polar surface area (TPSA) is 113 Å². The van der Waals surface area contributed by atoms with Gasteiger partial charge < -0.3 is 43.0 Å². The normalized spacial score (nSPS) is 11.5. The number of aromatic amines is 2. The van der Waals surface area contributed by atoms with Gasteiger partial charge in [0, 0.05) is 17.2 Å². The summed E-state index contributed by atoms with van der Waals surface area (Å²) in [7, 11) is -3.22. The van der Waals surface area contributed by atoms with Crippen LogP contribution < -0.4 is 28.4 Å². The molecular formula is C127H217BF2N2O8. The van der Waals surface area contributed by atoms with Crippen LogP contribution in [0.3, 0.4) is 0 Å². The predicted octanol–water partition coefficient (Wildman–Crippen LogP) is 41.7. The molecule has 2 aromatic heterocycles. The van der Waals surface area contributed by atoms with Crippen LogP contribution in [0, 0.1) is 51.4 Å². The minimum atomic E-state index is -3.22. The molecule has 0 spiro atoms. The van der Waals surface area contributed by atoms with E-state index < -0.39 is 13.3 Å². The molecule has 10 nitrogen and oxygen atoms in total. The summed E-state index contributed by atoms with van der Waals surface area (Å²) in [5.74, 6) is 16.7. The lowest BCUT2D eigenvalue weighted by Crippen LogP contribution is -2.08. The maximum atomic E-state index is 14.9. The SMILES string of the molecule is CCCCCCCCCCCCCCCCOc1cc(C#Cc2[nH]c(C(=O)/C=C(\OB(F)F)c3[nH]c(C#Cc4cc(OCCCCCCCCCCCCCCCC)c(OCCCCCCCCCCCCCCCC)c(OCCCCCCCCCCCCCCCC)c4)c(C)c3C)c(C)c2C)cc(OCCCCCCCCCCCCCCCC)c1OCCCCCCCCCCCCCCCC. The minimum absolute atomic E-state index is 0.237. The largest absolute Gasteiger partial charge is 0.796 e. The third-order valence-electron chi connectivity index (χ3n) is 29.3. The number of hydrogen-bond donors (Lipinski definition) is 2. The molecule has 0 atom stereocenters. The molecule has 0 radical (unpaired) electrons. The van der Waals surface area contributed by atoms with Crippen LogP contribution in [-0.2, 0) is 4.65 Å². The maximum Gasteiger partial charge on any atom is 0.796 e. The molecule has 0 fully saturated rings. The summed E-state index contributed by atoms with van der Waals surface area (Å²) in [6.45, 7) is 24.7. The summed E-state index contributed by atoms with van der Waals surface area (Å²) in [6.07, 6.45) is 109. The summed E-state index contributed by atoms with van der Waals surface area (Å²) >= 11 is 0. The van der Waals surface area contributed by atoms with E-state index in [1.807, 2.05) is 52.0 Å². The number of nitrogens with one attached hydrogen (secondary N) is 2. The molecule has 0 aliphatic heterocycles. The van der Waals surface area contributed by atoms with E-state index in [4.69, 9.17) is 33.1 Å². The zero-order valence-corrected chi connectivity index (χ0v) is 93.1. The Morgan fingerprint density at radius 1 is 0.243 bits per heavy atom. The van der Waals surface area contributed by atoms with Crippen molar-refractivity contribution in [2.75, 3.05) is 39.6 Å². The van der Waals surface area contributed by atoms with E-state index >= 15 is 0 Å². The lowest BCUT2D eigenvalue weighted by atomic mass is 10.0. The van der Waals surface area contributed by atoms with Gasteiger partial charge in [-0.15, -0.1) is 0 Å². The van der Waals surface area contributed by atoms with Crippen molar-refractivity contribution in [1.82, 2.24) is 9.97 Å². The van der Waals surface area contributed by atoms with Gasteiger partial charge in [0.15, 0.2) is 23.0 Å². The van der Waals surface area contributed by atoms with Crippen molar-refractivity contribution in [3.8, 4) is 58.2 Å². The molecule has 2 aromatic carbocycles. The van der Waals surface area contributed by atoms with Gasteiger partial charge in [-0.05, 0) is 125 Å². The maximum absolute atomic E-state index is 14.9. The lowest BCUT2D eigenvalue weighted by Gasteiger charge is -2.18. The number of allylic oxidation sites excluding steroid dienone is 1. The van der Waals surface area contributed by atoms with Crippen molar-refractivity contribution in [2.45, 2.75) is 609 Å². The lowest BCUT2D eigenvalue weighted by molar-refractivity contribution is 0.104. The Kier molecular flexibility index (Phi) is 82.8. The summed E-state index contributed by atoms with van der Waals surface area (Å²) < 4.78 is 76.1. The molecule has 800 valence electrons. The molecule has 0 aliphatic rings. The molecule has 2 N–H and O–H groups in total. The van der Waals surface area contributed by atoms with Gasteiger partial charge in [0.2, 0.25) is 17.3 Å². The summed E-state index contributed by atoms with van der Waals surface area (Å²) in [5.41, 5.74) is 5.77. The quantitative estimate of drug-likeness (QED) is 0.0112. The van der Waals surface area contributed by atoms with Crippen LogP contribution in [0.2, 0.25) is 0 Å². The van der Waals surface area contributed by atoms with Crippen molar-refractivity contribution in [3.05, 3.63) is 86.5 Å². The molecule has 0 amide bonds. The first kappa shape index (κ1) is 126. The molecule has 4 aromatic rings. The summed E-state index contributed by atoms with van der Waals surface area (Å²) in [4.78, 5) is 21.6. The van der Waals surface area contributed by atoms with E-state index in [9.17, 15) is 13.4 Å². The number of rotatable bonds is 101. The number of ether oxygens (including phenoxy) is 6. The smallest absolute Gasteiger partial charge is 0.503 e. The van der Waals surface area contributed by atoms with Gasteiger partial charge in [0.25, 0.3) is 0 Å². The van der Waals surface area contributed by atoms with Crippen LogP contribution in [0.4, 0.5) is 8.63 Å². The molecular weight excluding hydrogens is 1730 g/mol. The predicted molar refractivity (Wildman–Crippen MR) is 602 cm³/mol. The van der Waals surface area contributed by atoms with E-state index in [0.29, 0.717) is 108 Å². The number of H-pyrrole nitrogens is 2. The number of carbonyl (C=O) groups is 1. The van der Waals surface area contributed by atoms with Gasteiger partial charge in [-0.2, -0.15) is 0 Å². The number of aromatic nitrogens is 2. The van der Waals surface area contributed by atoms with Crippen LogP contribution in [0.5, 0.6) is 34.5 Å². The molecule has 0 bridgehead atoms. The van der Waals surface area contributed by atoms with Crippen molar-refractivity contribution in [3.63, 3.8) is 0 Å². The molecule has 140 heavy (non-hydrogen) atoms. The average molecular weight is 1950 g/mol. The number of carbonyl (C=O) groups excluding carboxylic acids is 1. The fourth-order valence-electron chi connectivity index (χ4n) is 19.7. The molecule has 2 heterocycles. The zero-order chi connectivity index (χ0) is 100. The van der Waals surface area contributed by atoms with Gasteiger partial charge in [0.1, 0.15) is 5.76 Å². The van der Waals surface area contributed by atoms with Gasteiger partial charge in [0.05, 0.1) is 62.4 Å². The summed E-state index contributed by atoms with van der Waals surface area (Å²) in [5, 5.41) is 0. The highest BCUT2D eigenvalue weighted by molar-refractivity contribution is 6.36. The van der Waals surface area contributed by atoms with Crippen LogP contribution in [0.1, 0.15) is 642 Å². The minimum Gasteiger partial charge on any atom is -0.503 e. The van der Waals surface area contributed by atoms with Crippen molar-refractivity contribution in [2.24, 2.45) is 0 Å². The zero-order valence-electron chi connectivity index (χ0n) is 93.1. The number of benzene rings is 2. The van der Waals surface area contributed by atoms with Crippen LogP contribution in [0.25, 0.3) is 5.76 Å². The molecule has 0 saturated heterocycles. The van der Waals surface area contributed by atoms with Crippen molar-refractivity contribution < 1.29 is 46.5 Å². The molecule has 4 rings (SSSR count). The first-order valence-electron chi connectivity index (χ1n) is 60.7. The van der Waals surface area contributed by atoms with Gasteiger partial charge in [-0.3, -0.25) is 4.79 Å². The second-order valence-corrected chi connectivity index (χ2v) is 42.3. The average Bonchev–Trinajstić information content (AvgIpc) is 1.50. The third kappa shape index (κ3) is 65.5. The number of hydrogen-bond acceptors (Lipinski definition) is 8. The highest BCUT2D eigenvalue weighted by atomic mass is 19.2. The van der Waals surface area contributed by atoms with E-state index in [1.54, 1.807) is 0 Å². The van der Waals surface area contributed by atoms with E-state index in [1.165, 1.54) is 468 Å². The molecule has 0 unspecified atom stereocenters. The Labute approximate surface area is 863 Å². The number of ketones is 1. The Morgan fingerprint density at radius 2 is 0.414 bits per heavy atom. The van der Waals surface area contributed by atoms with Crippen LogP contribution in [0.15, 0.2) is 30.3 Å². The Balaban J connectivity index is 1.67. The summed E-state index contributed by atoms with van der Waals surface area (Å²) in [6, 6.07) is 7.97. The first-order valence-corrected chi connectivity index (χ1v) is 60.7. The van der Waals surface area contributed by atoms with E-state index in [2.05, 4.69) is 75.2 Å². The van der Waals surface area contributed by atoms with Crippen LogP contribution >= 0.6 is 0 Å². The van der Waals surface area contributed by atoms with E-state index in [-0.39, 0.29) is 17.1 Å². The Hall–Kier alpha value is -5.95. The fourth-order valence-corrected chi connectivity index (χ4v) is 19.7. The molecule has 13 heteroatoms. The molecule has 0 saturated carbocycles. The number of unbranched alkanes of at least 4 members (excludes halogenated alkanes) is 78. The molecule has 0 aliphatic carbocycles. The standard InChI is InChI=1S/C127H217BF2N2O8/c1-11-17-23-29-35-41-47-53-59-65-71-77-83-89-99-134-120-105-114(106-121(135-100-90-84-78-72-66-60-54-48-42-36-30-24-18-12-2)126(120)138-103-93-87-81-75-69-63-57-51-45-39-33-27-21-15-5)95-97-116-110(7)112(9)124(131-116)118(133)109-119(140-128(129)130)125-113(10)111(8)117(132-125)98-96-115-107-122(136-101-91-85-79-73-67-61-55-49-43-37-31-25-19-13-3)127(139-104-94-88-82-76-70-64-58-52-46-40-34-28-22-16-6)123(108-115)137-102-92-86-80-74-68-62-56-50-44-38-32-26-20-14-4/h105-109,131-132H,11-94,99-104H2,1-10H3/b119-109-.